The third kappa shape index (κ3) is 3.78. The Labute approximate surface area is 113 Å². The normalized spacial score (nSPS) is 13.4. The van der Waals surface area contributed by atoms with Crippen molar-refractivity contribution in [3.63, 3.8) is 0 Å². The Morgan fingerprint density at radius 3 is 2.67 bits per heavy atom. The monoisotopic (exact) mass is 269 g/mol. The van der Waals surface area contributed by atoms with Crippen LogP contribution in [0.15, 0.2) is 6.20 Å². The number of nitrogens with zero attached hydrogens (tertiary/aromatic N) is 1. The highest BCUT2D eigenvalue weighted by molar-refractivity contribution is 7.11. The lowest BCUT2D eigenvalue weighted by Gasteiger charge is -2.26. The van der Waals surface area contributed by atoms with Crippen LogP contribution >= 0.6 is 11.3 Å². The molecule has 0 radical (unpaired) electrons. The first-order valence-electron chi connectivity index (χ1n) is 6.41. The highest BCUT2D eigenvalue weighted by atomic mass is 32.1. The van der Waals surface area contributed by atoms with Gasteiger partial charge in [-0.2, -0.15) is 0 Å². The van der Waals surface area contributed by atoms with E-state index in [-0.39, 0.29) is 11.9 Å². The summed E-state index contributed by atoms with van der Waals surface area (Å²) in [5.41, 5.74) is -0.548. The predicted molar refractivity (Wildman–Crippen MR) is 75.8 cm³/mol. The van der Waals surface area contributed by atoms with Gasteiger partial charge in [0.05, 0.1) is 11.6 Å². The van der Waals surface area contributed by atoms with Crippen LogP contribution in [-0.4, -0.2) is 23.0 Å². The van der Waals surface area contributed by atoms with Gasteiger partial charge in [-0.1, -0.05) is 13.8 Å². The maximum Gasteiger partial charge on any atom is 0.240 e. The van der Waals surface area contributed by atoms with Crippen molar-refractivity contribution in [3.05, 3.63) is 16.1 Å². The Morgan fingerprint density at radius 2 is 2.17 bits per heavy atom. The zero-order valence-electron chi connectivity index (χ0n) is 11.8. The number of aromatic nitrogens is 1. The molecule has 0 fully saturated rings. The number of hydrogen-bond acceptors (Lipinski definition) is 4. The Hall–Kier alpha value is -0.940. The molecule has 1 aromatic rings. The minimum Gasteiger partial charge on any atom is -0.346 e. The van der Waals surface area contributed by atoms with Gasteiger partial charge in [0.2, 0.25) is 5.91 Å². The molecule has 1 aromatic heterocycles. The van der Waals surface area contributed by atoms with E-state index in [9.17, 15) is 4.79 Å². The van der Waals surface area contributed by atoms with Crippen molar-refractivity contribution in [1.29, 1.82) is 0 Å². The van der Waals surface area contributed by atoms with Gasteiger partial charge in [-0.3, -0.25) is 4.79 Å². The summed E-state index contributed by atoms with van der Waals surface area (Å²) < 4.78 is 0. The van der Waals surface area contributed by atoms with Gasteiger partial charge in [0.1, 0.15) is 5.01 Å². The second-order valence-electron chi connectivity index (χ2n) is 4.87. The van der Waals surface area contributed by atoms with E-state index in [1.165, 1.54) is 4.88 Å². The van der Waals surface area contributed by atoms with E-state index in [4.69, 9.17) is 0 Å². The summed E-state index contributed by atoms with van der Waals surface area (Å²) in [6.45, 7) is 10.6. The van der Waals surface area contributed by atoms with E-state index in [1.54, 1.807) is 11.3 Å². The molecule has 0 spiro atoms. The molecule has 1 atom stereocenters. The fourth-order valence-electron chi connectivity index (χ4n) is 1.65. The molecule has 102 valence electrons. The van der Waals surface area contributed by atoms with Gasteiger partial charge in [-0.25, -0.2) is 4.98 Å². The van der Waals surface area contributed by atoms with Gasteiger partial charge in [-0.05, 0) is 33.7 Å². The van der Waals surface area contributed by atoms with Crippen molar-refractivity contribution in [3.8, 4) is 0 Å². The predicted octanol–water partition coefficient (Wildman–Crippen LogP) is 2.27. The van der Waals surface area contributed by atoms with Crippen molar-refractivity contribution in [2.75, 3.05) is 6.54 Å². The van der Waals surface area contributed by atoms with E-state index in [0.717, 1.165) is 18.0 Å². The van der Waals surface area contributed by atoms with Crippen LogP contribution in [0.25, 0.3) is 0 Å². The maximum absolute atomic E-state index is 12.1. The smallest absolute Gasteiger partial charge is 0.240 e. The Morgan fingerprint density at radius 1 is 1.50 bits per heavy atom. The molecule has 18 heavy (non-hydrogen) atoms. The number of rotatable bonds is 6. The van der Waals surface area contributed by atoms with Crippen LogP contribution in [0.5, 0.6) is 0 Å². The van der Waals surface area contributed by atoms with Crippen LogP contribution in [0.3, 0.4) is 0 Å². The molecule has 2 N–H and O–H groups in total. The van der Waals surface area contributed by atoms with Gasteiger partial charge in [0, 0.05) is 11.1 Å². The number of carbonyl (C=O) groups is 1. The van der Waals surface area contributed by atoms with E-state index in [1.807, 2.05) is 33.9 Å². The van der Waals surface area contributed by atoms with Crippen LogP contribution in [0.4, 0.5) is 0 Å². The molecule has 1 heterocycles. The largest absolute Gasteiger partial charge is 0.346 e. The Bertz CT molecular complexity index is 401. The van der Waals surface area contributed by atoms with Crippen LogP contribution in [0.2, 0.25) is 0 Å². The summed E-state index contributed by atoms with van der Waals surface area (Å²) in [4.78, 5) is 17.7. The summed E-state index contributed by atoms with van der Waals surface area (Å²) in [5.74, 6) is 0.00472. The average molecular weight is 269 g/mol. The first-order valence-corrected chi connectivity index (χ1v) is 7.23. The van der Waals surface area contributed by atoms with E-state index in [2.05, 4.69) is 22.5 Å². The molecular formula is C13H23N3OS. The van der Waals surface area contributed by atoms with E-state index >= 15 is 0 Å². The van der Waals surface area contributed by atoms with Crippen LogP contribution < -0.4 is 10.6 Å². The number of amides is 1. The number of thiazole rings is 1. The number of nitrogens with one attached hydrogen (secondary N) is 2. The molecule has 1 rings (SSSR count). The first-order chi connectivity index (χ1) is 8.40. The Balaban J connectivity index is 2.64. The molecule has 0 saturated carbocycles. The molecule has 0 aliphatic heterocycles. The molecule has 4 nitrogen and oxygen atoms in total. The summed E-state index contributed by atoms with van der Waals surface area (Å²) >= 11 is 1.66. The molecule has 1 amide bonds. The second kappa shape index (κ2) is 6.29. The molecule has 1 unspecified atom stereocenters. The highest BCUT2D eigenvalue weighted by Crippen LogP contribution is 2.20. The third-order valence-electron chi connectivity index (χ3n) is 2.82. The molecule has 0 aromatic carbocycles. The zero-order chi connectivity index (χ0) is 13.8. The highest BCUT2D eigenvalue weighted by Gasteiger charge is 2.27. The van der Waals surface area contributed by atoms with Gasteiger partial charge in [0.15, 0.2) is 0 Å². The zero-order valence-corrected chi connectivity index (χ0v) is 12.6. The summed E-state index contributed by atoms with van der Waals surface area (Å²) in [7, 11) is 0. The minimum atomic E-state index is -0.548. The van der Waals surface area contributed by atoms with E-state index in [0.29, 0.717) is 0 Å². The fourth-order valence-corrected chi connectivity index (χ4v) is 2.51. The Kier molecular flexibility index (Phi) is 5.28. The molecule has 0 aliphatic rings. The topological polar surface area (TPSA) is 54.0 Å². The van der Waals surface area contributed by atoms with Gasteiger partial charge >= 0.3 is 0 Å². The van der Waals surface area contributed by atoms with Crippen molar-refractivity contribution in [2.45, 2.75) is 52.6 Å². The van der Waals surface area contributed by atoms with Crippen molar-refractivity contribution in [2.24, 2.45) is 0 Å². The van der Waals surface area contributed by atoms with Gasteiger partial charge in [0.25, 0.3) is 0 Å². The lowest BCUT2D eigenvalue weighted by atomic mass is 10.0. The maximum atomic E-state index is 12.1. The summed E-state index contributed by atoms with van der Waals surface area (Å²) in [6, 6.07) is -0.0410. The van der Waals surface area contributed by atoms with Crippen molar-refractivity contribution in [1.82, 2.24) is 15.6 Å². The van der Waals surface area contributed by atoms with Crippen LogP contribution in [0, 0.1) is 0 Å². The SMILES string of the molecule is CCNC(C)(C)C(=O)NC(C)c1ncc(CC)s1. The lowest BCUT2D eigenvalue weighted by molar-refractivity contribution is -0.127. The molecule has 5 heteroatoms. The quantitative estimate of drug-likeness (QED) is 0.833. The summed E-state index contributed by atoms with van der Waals surface area (Å²) in [6.07, 6.45) is 2.87. The standard InChI is InChI=1S/C13H23N3OS/c1-6-10-8-14-11(18-10)9(3)16-12(17)13(4,5)15-7-2/h8-9,15H,6-7H2,1-5H3,(H,16,17). The van der Waals surface area contributed by atoms with E-state index < -0.39 is 5.54 Å². The fraction of sp³-hybridized carbons (Fsp3) is 0.692. The minimum absolute atomic E-state index is 0.00472. The number of carbonyl (C=O) groups excluding carboxylic acids is 1. The van der Waals surface area contributed by atoms with Gasteiger partial charge in [-0.15, -0.1) is 11.3 Å². The average Bonchev–Trinajstić information content (AvgIpc) is 2.77. The van der Waals surface area contributed by atoms with Crippen molar-refractivity contribution >= 4 is 17.2 Å². The van der Waals surface area contributed by atoms with Crippen LogP contribution in [-0.2, 0) is 11.2 Å². The number of hydrogen-bond donors (Lipinski definition) is 2. The molecule has 0 saturated heterocycles. The van der Waals surface area contributed by atoms with Gasteiger partial charge < -0.3 is 10.6 Å². The molecule has 0 bridgehead atoms. The number of aryl methyl sites for hydroxylation is 1. The lowest BCUT2D eigenvalue weighted by Crippen LogP contribution is -2.52. The number of likely N-dealkylation sites (N-methyl/N-ethyl adjacent to an activating group) is 1. The second-order valence-corrected chi connectivity index (χ2v) is 6.02. The first kappa shape index (κ1) is 15.1. The third-order valence-corrected chi connectivity index (χ3v) is 4.15. The molecule has 0 aliphatic carbocycles. The van der Waals surface area contributed by atoms with Crippen molar-refractivity contribution < 1.29 is 4.79 Å². The molecular weight excluding hydrogens is 246 g/mol. The van der Waals surface area contributed by atoms with Crippen LogP contribution in [0.1, 0.15) is 50.5 Å². The summed E-state index contributed by atoms with van der Waals surface area (Å²) in [5, 5.41) is 7.14.